The van der Waals surface area contributed by atoms with Crippen LogP contribution in [0.4, 0.5) is 0 Å². The maximum atomic E-state index is 4.62. The van der Waals surface area contributed by atoms with Crippen molar-refractivity contribution in [2.45, 2.75) is 18.9 Å². The zero-order chi connectivity index (χ0) is 12.3. The fourth-order valence-electron chi connectivity index (χ4n) is 1.89. The average Bonchev–Trinajstić information content (AvgIpc) is 2.83. The van der Waals surface area contributed by atoms with E-state index in [4.69, 9.17) is 0 Å². The molecule has 94 valence electrons. The minimum Gasteiger partial charge on any atom is -0.317 e. The minimum absolute atomic E-state index is 0.502. The van der Waals surface area contributed by atoms with Crippen LogP contribution in [0.3, 0.4) is 0 Å². The van der Waals surface area contributed by atoms with Gasteiger partial charge in [0.05, 0.1) is 5.69 Å². The fraction of sp³-hybridized carbons (Fsp3) is 0.583. The molecule has 0 aromatic carbocycles. The second-order valence-electron chi connectivity index (χ2n) is 4.61. The highest BCUT2D eigenvalue weighted by molar-refractivity contribution is 7.15. The van der Waals surface area contributed by atoms with Crippen LogP contribution < -0.4 is 5.32 Å². The van der Waals surface area contributed by atoms with E-state index in [1.165, 1.54) is 5.69 Å². The molecule has 1 unspecified atom stereocenters. The first-order valence-corrected chi connectivity index (χ1v) is 6.80. The van der Waals surface area contributed by atoms with Gasteiger partial charge >= 0.3 is 0 Å². The molecule has 5 heteroatoms. The van der Waals surface area contributed by atoms with Crippen LogP contribution >= 0.6 is 11.3 Å². The van der Waals surface area contributed by atoms with Crippen molar-refractivity contribution in [3.05, 3.63) is 23.5 Å². The summed E-state index contributed by atoms with van der Waals surface area (Å²) >= 11 is 1.68. The van der Waals surface area contributed by atoms with Crippen LogP contribution in [-0.2, 0) is 6.42 Å². The van der Waals surface area contributed by atoms with Gasteiger partial charge < -0.3 is 10.2 Å². The van der Waals surface area contributed by atoms with Crippen molar-refractivity contribution in [1.29, 1.82) is 0 Å². The summed E-state index contributed by atoms with van der Waals surface area (Å²) in [5, 5.41) is 5.43. The van der Waals surface area contributed by atoms with Crippen LogP contribution in [-0.4, -0.2) is 48.0 Å². The molecule has 4 nitrogen and oxygen atoms in total. The number of hydrogen-bond acceptors (Lipinski definition) is 4. The Hall–Kier alpha value is -0.910. The van der Waals surface area contributed by atoms with Crippen molar-refractivity contribution in [3.63, 3.8) is 0 Å². The molecule has 0 aliphatic carbocycles. The van der Waals surface area contributed by atoms with E-state index in [2.05, 4.69) is 51.5 Å². The molecule has 0 bridgehead atoms. The lowest BCUT2D eigenvalue weighted by molar-refractivity contribution is 0.363. The molecular formula is C12H20N4S. The van der Waals surface area contributed by atoms with Gasteiger partial charge in [-0.05, 0) is 34.1 Å². The molecule has 0 aliphatic heterocycles. The Balaban J connectivity index is 1.95. The first kappa shape index (κ1) is 12.5. The Morgan fingerprint density at radius 1 is 1.53 bits per heavy atom. The Morgan fingerprint density at radius 2 is 2.35 bits per heavy atom. The van der Waals surface area contributed by atoms with Crippen LogP contribution in [0.25, 0.3) is 4.96 Å². The quantitative estimate of drug-likeness (QED) is 0.845. The number of imidazole rings is 1. The zero-order valence-electron chi connectivity index (χ0n) is 10.7. The van der Waals surface area contributed by atoms with E-state index in [0.29, 0.717) is 6.04 Å². The third-order valence-electron chi connectivity index (χ3n) is 2.93. The highest BCUT2D eigenvalue weighted by Crippen LogP contribution is 2.13. The van der Waals surface area contributed by atoms with Gasteiger partial charge in [-0.2, -0.15) is 0 Å². The number of rotatable bonds is 6. The van der Waals surface area contributed by atoms with Crippen LogP contribution in [0.2, 0.25) is 0 Å². The van der Waals surface area contributed by atoms with Crippen molar-refractivity contribution < 1.29 is 0 Å². The molecular weight excluding hydrogens is 232 g/mol. The van der Waals surface area contributed by atoms with E-state index in [0.717, 1.165) is 24.3 Å². The lowest BCUT2D eigenvalue weighted by atomic mass is 10.1. The largest absolute Gasteiger partial charge is 0.317 e. The standard InChI is InChI=1S/C12H20N4S/c1-13-10(4-5-15(2)3)8-11-9-16-6-7-17-12(16)14-11/h6-7,9-10,13H,4-5,8H2,1-3H3. The van der Waals surface area contributed by atoms with Gasteiger partial charge in [-0.1, -0.05) is 0 Å². The van der Waals surface area contributed by atoms with Crippen molar-refractivity contribution in [1.82, 2.24) is 19.6 Å². The van der Waals surface area contributed by atoms with Gasteiger partial charge in [0, 0.05) is 30.2 Å². The third-order valence-corrected chi connectivity index (χ3v) is 3.70. The molecule has 0 fully saturated rings. The molecule has 0 amide bonds. The highest BCUT2D eigenvalue weighted by Gasteiger charge is 2.10. The molecule has 0 spiro atoms. The van der Waals surface area contributed by atoms with E-state index in [9.17, 15) is 0 Å². The number of nitrogens with zero attached hydrogens (tertiary/aromatic N) is 3. The maximum Gasteiger partial charge on any atom is 0.193 e. The summed E-state index contributed by atoms with van der Waals surface area (Å²) in [7, 11) is 6.25. The van der Waals surface area contributed by atoms with Crippen molar-refractivity contribution in [2.24, 2.45) is 0 Å². The Kier molecular flexibility index (Phi) is 4.15. The lowest BCUT2D eigenvalue weighted by Crippen LogP contribution is -2.31. The number of thiazole rings is 1. The predicted molar refractivity (Wildman–Crippen MR) is 72.8 cm³/mol. The molecule has 0 radical (unpaired) electrons. The molecule has 2 aromatic heterocycles. The predicted octanol–water partition coefficient (Wildman–Crippen LogP) is 1.48. The number of nitrogens with one attached hydrogen (secondary N) is 1. The van der Waals surface area contributed by atoms with E-state index >= 15 is 0 Å². The van der Waals surface area contributed by atoms with Crippen LogP contribution in [0.1, 0.15) is 12.1 Å². The van der Waals surface area contributed by atoms with E-state index in [1.807, 2.05) is 7.05 Å². The number of aromatic nitrogens is 2. The topological polar surface area (TPSA) is 32.6 Å². The summed E-state index contributed by atoms with van der Waals surface area (Å²) < 4.78 is 2.10. The first-order chi connectivity index (χ1) is 8.19. The summed E-state index contributed by atoms with van der Waals surface area (Å²) in [5.74, 6) is 0. The van der Waals surface area contributed by atoms with Crippen molar-refractivity contribution >= 4 is 16.3 Å². The molecule has 1 atom stereocenters. The number of likely N-dealkylation sites (N-methyl/N-ethyl adjacent to an activating group) is 1. The number of hydrogen-bond donors (Lipinski definition) is 1. The summed E-state index contributed by atoms with van der Waals surface area (Å²) in [6.07, 6.45) is 6.34. The Labute approximate surface area is 106 Å². The maximum absolute atomic E-state index is 4.62. The average molecular weight is 252 g/mol. The second kappa shape index (κ2) is 5.62. The van der Waals surface area contributed by atoms with E-state index in [-0.39, 0.29) is 0 Å². The molecule has 0 aliphatic rings. The van der Waals surface area contributed by atoms with Gasteiger partial charge in [0.25, 0.3) is 0 Å². The first-order valence-electron chi connectivity index (χ1n) is 5.92. The zero-order valence-corrected chi connectivity index (χ0v) is 11.5. The van der Waals surface area contributed by atoms with E-state index < -0.39 is 0 Å². The second-order valence-corrected chi connectivity index (χ2v) is 5.48. The van der Waals surface area contributed by atoms with Gasteiger partial charge in [-0.15, -0.1) is 11.3 Å². The third kappa shape index (κ3) is 3.28. The molecule has 1 N–H and O–H groups in total. The summed E-state index contributed by atoms with van der Waals surface area (Å²) in [5.41, 5.74) is 1.18. The minimum atomic E-state index is 0.502. The lowest BCUT2D eigenvalue weighted by Gasteiger charge is -2.17. The SMILES string of the molecule is CNC(CCN(C)C)Cc1cn2ccsc2n1. The van der Waals surface area contributed by atoms with Gasteiger partial charge in [0.2, 0.25) is 0 Å². The highest BCUT2D eigenvalue weighted by atomic mass is 32.1. The van der Waals surface area contributed by atoms with Crippen LogP contribution in [0.15, 0.2) is 17.8 Å². The van der Waals surface area contributed by atoms with Gasteiger partial charge in [-0.3, -0.25) is 4.40 Å². The molecule has 2 rings (SSSR count). The van der Waals surface area contributed by atoms with E-state index in [1.54, 1.807) is 11.3 Å². The molecule has 0 saturated carbocycles. The monoisotopic (exact) mass is 252 g/mol. The fourth-order valence-corrected chi connectivity index (χ4v) is 2.61. The normalized spacial score (nSPS) is 13.6. The number of fused-ring (bicyclic) bond motifs is 1. The smallest absolute Gasteiger partial charge is 0.193 e. The van der Waals surface area contributed by atoms with Gasteiger partial charge in [0.15, 0.2) is 4.96 Å². The van der Waals surface area contributed by atoms with Gasteiger partial charge in [-0.25, -0.2) is 4.98 Å². The van der Waals surface area contributed by atoms with Crippen molar-refractivity contribution in [3.8, 4) is 0 Å². The molecule has 2 heterocycles. The van der Waals surface area contributed by atoms with Crippen LogP contribution in [0.5, 0.6) is 0 Å². The Bertz CT molecular complexity index is 431. The van der Waals surface area contributed by atoms with Gasteiger partial charge in [0.1, 0.15) is 0 Å². The molecule has 17 heavy (non-hydrogen) atoms. The van der Waals surface area contributed by atoms with Crippen LogP contribution in [0, 0.1) is 0 Å². The van der Waals surface area contributed by atoms with Crippen molar-refractivity contribution in [2.75, 3.05) is 27.7 Å². The summed E-state index contributed by atoms with van der Waals surface area (Å²) in [6, 6.07) is 0.502. The Morgan fingerprint density at radius 3 is 3.00 bits per heavy atom. The summed E-state index contributed by atoms with van der Waals surface area (Å²) in [6.45, 7) is 1.10. The summed E-state index contributed by atoms with van der Waals surface area (Å²) in [4.78, 5) is 7.92. The molecule has 0 saturated heterocycles. The molecule has 2 aromatic rings.